The summed E-state index contributed by atoms with van der Waals surface area (Å²) in [6, 6.07) is 3.61. The monoisotopic (exact) mass is 197 g/mol. The second-order valence-corrected chi connectivity index (χ2v) is 3.18. The molecule has 1 aromatic carbocycles. The molecule has 0 radical (unpaired) electrons. The van der Waals surface area contributed by atoms with Crippen molar-refractivity contribution in [3.63, 3.8) is 0 Å². The number of unbranched alkanes of at least 4 members (excludes halogenated alkanes) is 1. The van der Waals surface area contributed by atoms with Gasteiger partial charge in [-0.2, -0.15) is 0 Å². The molecular formula is C11H13F2N. The van der Waals surface area contributed by atoms with E-state index in [1.807, 2.05) is 0 Å². The molecule has 0 atom stereocenters. The van der Waals surface area contributed by atoms with Gasteiger partial charge in [-0.25, -0.2) is 8.78 Å². The topological polar surface area (TPSA) is 12.4 Å². The maximum atomic E-state index is 12.7. The summed E-state index contributed by atoms with van der Waals surface area (Å²) in [7, 11) is 0. The SMILES string of the molecule is C=NCCCCc1cc(F)cc(F)c1. The molecule has 0 amide bonds. The molecule has 0 aliphatic heterocycles. The molecule has 1 rings (SSSR count). The fourth-order valence-electron chi connectivity index (χ4n) is 1.31. The molecule has 0 spiro atoms. The zero-order valence-corrected chi connectivity index (χ0v) is 7.97. The van der Waals surface area contributed by atoms with Crippen LogP contribution in [0.4, 0.5) is 8.78 Å². The van der Waals surface area contributed by atoms with Gasteiger partial charge in [-0.3, -0.25) is 0 Å². The van der Waals surface area contributed by atoms with Crippen molar-refractivity contribution in [2.45, 2.75) is 19.3 Å². The van der Waals surface area contributed by atoms with Crippen LogP contribution in [0.5, 0.6) is 0 Å². The Morgan fingerprint density at radius 1 is 1.07 bits per heavy atom. The summed E-state index contributed by atoms with van der Waals surface area (Å²) in [4.78, 5) is 3.70. The van der Waals surface area contributed by atoms with Crippen LogP contribution < -0.4 is 0 Å². The Hall–Kier alpha value is -1.25. The van der Waals surface area contributed by atoms with Crippen LogP contribution in [-0.2, 0) is 6.42 Å². The Morgan fingerprint density at radius 2 is 1.71 bits per heavy atom. The zero-order chi connectivity index (χ0) is 10.4. The summed E-state index contributed by atoms with van der Waals surface area (Å²) in [5.41, 5.74) is 0.701. The van der Waals surface area contributed by atoms with Gasteiger partial charge in [0.15, 0.2) is 0 Å². The fraction of sp³-hybridized carbons (Fsp3) is 0.364. The third-order valence-corrected chi connectivity index (χ3v) is 1.95. The van der Waals surface area contributed by atoms with E-state index in [1.54, 1.807) is 0 Å². The summed E-state index contributed by atoms with van der Waals surface area (Å²) in [5, 5.41) is 0. The lowest BCUT2D eigenvalue weighted by molar-refractivity contribution is 0.578. The van der Waals surface area contributed by atoms with Crippen LogP contribution in [-0.4, -0.2) is 13.3 Å². The predicted molar refractivity (Wildman–Crippen MR) is 53.7 cm³/mol. The van der Waals surface area contributed by atoms with Gasteiger partial charge in [0.2, 0.25) is 0 Å². The van der Waals surface area contributed by atoms with E-state index in [-0.39, 0.29) is 0 Å². The van der Waals surface area contributed by atoms with Crippen LogP contribution in [0.25, 0.3) is 0 Å². The standard InChI is InChI=1S/C11H13F2N/c1-14-5-3-2-4-9-6-10(12)8-11(13)7-9/h6-8H,1-5H2. The first-order valence-electron chi connectivity index (χ1n) is 4.60. The van der Waals surface area contributed by atoms with Gasteiger partial charge in [-0.05, 0) is 43.7 Å². The Bertz CT molecular complexity index is 290. The van der Waals surface area contributed by atoms with Crippen molar-refractivity contribution < 1.29 is 8.78 Å². The summed E-state index contributed by atoms with van der Waals surface area (Å²) >= 11 is 0. The summed E-state index contributed by atoms with van der Waals surface area (Å²) in [5.74, 6) is -1.02. The number of aryl methyl sites for hydroxylation is 1. The van der Waals surface area contributed by atoms with Crippen LogP contribution in [0.1, 0.15) is 18.4 Å². The van der Waals surface area contributed by atoms with E-state index in [1.165, 1.54) is 12.1 Å². The van der Waals surface area contributed by atoms with Gasteiger partial charge in [0.05, 0.1) is 0 Å². The molecule has 0 N–H and O–H groups in total. The van der Waals surface area contributed by atoms with E-state index >= 15 is 0 Å². The van der Waals surface area contributed by atoms with Gasteiger partial charge in [0.25, 0.3) is 0 Å². The van der Waals surface area contributed by atoms with Crippen LogP contribution in [0.3, 0.4) is 0 Å². The maximum Gasteiger partial charge on any atom is 0.126 e. The summed E-state index contributed by atoms with van der Waals surface area (Å²) in [6.07, 6.45) is 2.47. The van der Waals surface area contributed by atoms with Crippen LogP contribution >= 0.6 is 0 Å². The lowest BCUT2D eigenvalue weighted by atomic mass is 10.1. The van der Waals surface area contributed by atoms with Gasteiger partial charge in [-0.15, -0.1) is 0 Å². The minimum atomic E-state index is -0.512. The number of halogens is 2. The first kappa shape index (κ1) is 10.8. The molecule has 0 fully saturated rings. The van der Waals surface area contributed by atoms with Gasteiger partial charge in [0, 0.05) is 12.6 Å². The number of hydrogen-bond donors (Lipinski definition) is 0. The Kier molecular flexibility index (Phi) is 4.23. The fourth-order valence-corrected chi connectivity index (χ4v) is 1.31. The number of benzene rings is 1. The minimum Gasteiger partial charge on any atom is -0.301 e. The largest absolute Gasteiger partial charge is 0.301 e. The Morgan fingerprint density at radius 3 is 2.29 bits per heavy atom. The third-order valence-electron chi connectivity index (χ3n) is 1.95. The molecule has 76 valence electrons. The van der Waals surface area contributed by atoms with Gasteiger partial charge in [-0.1, -0.05) is 0 Å². The molecule has 3 heteroatoms. The second-order valence-electron chi connectivity index (χ2n) is 3.18. The molecule has 0 bridgehead atoms. The van der Waals surface area contributed by atoms with Crippen molar-refractivity contribution in [1.29, 1.82) is 0 Å². The van der Waals surface area contributed by atoms with Crippen LogP contribution in [0.15, 0.2) is 23.2 Å². The first-order valence-corrected chi connectivity index (χ1v) is 4.60. The Balaban J connectivity index is 2.46. The van der Waals surface area contributed by atoms with Crippen molar-refractivity contribution in [1.82, 2.24) is 0 Å². The van der Waals surface area contributed by atoms with Gasteiger partial charge < -0.3 is 4.99 Å². The van der Waals surface area contributed by atoms with Crippen molar-refractivity contribution in [3.05, 3.63) is 35.4 Å². The summed E-state index contributed by atoms with van der Waals surface area (Å²) in [6.45, 7) is 4.07. The third kappa shape index (κ3) is 3.64. The highest BCUT2D eigenvalue weighted by atomic mass is 19.1. The smallest absolute Gasteiger partial charge is 0.126 e. The molecular weight excluding hydrogens is 184 g/mol. The molecule has 0 aromatic heterocycles. The number of hydrogen-bond acceptors (Lipinski definition) is 1. The predicted octanol–water partition coefficient (Wildman–Crippen LogP) is 2.99. The van der Waals surface area contributed by atoms with E-state index in [4.69, 9.17) is 0 Å². The molecule has 0 aliphatic rings. The molecule has 14 heavy (non-hydrogen) atoms. The van der Waals surface area contributed by atoms with E-state index in [9.17, 15) is 8.78 Å². The van der Waals surface area contributed by atoms with E-state index in [0.717, 1.165) is 18.9 Å². The lowest BCUT2D eigenvalue weighted by Gasteiger charge is -2.01. The lowest BCUT2D eigenvalue weighted by Crippen LogP contribution is -1.90. The molecule has 0 aliphatic carbocycles. The first-order chi connectivity index (χ1) is 6.72. The van der Waals surface area contributed by atoms with E-state index < -0.39 is 11.6 Å². The average molecular weight is 197 g/mol. The van der Waals surface area contributed by atoms with Crippen molar-refractivity contribution in [2.24, 2.45) is 4.99 Å². The van der Waals surface area contributed by atoms with Gasteiger partial charge >= 0.3 is 0 Å². The molecule has 0 heterocycles. The van der Waals surface area contributed by atoms with Gasteiger partial charge in [0.1, 0.15) is 11.6 Å². The van der Waals surface area contributed by atoms with Crippen LogP contribution in [0, 0.1) is 11.6 Å². The van der Waals surface area contributed by atoms with Crippen molar-refractivity contribution in [3.8, 4) is 0 Å². The zero-order valence-electron chi connectivity index (χ0n) is 7.97. The number of nitrogens with zero attached hydrogens (tertiary/aromatic N) is 1. The molecule has 0 saturated carbocycles. The average Bonchev–Trinajstić information content (AvgIpc) is 2.11. The molecule has 0 unspecified atom stereocenters. The van der Waals surface area contributed by atoms with E-state index in [2.05, 4.69) is 11.7 Å². The number of aliphatic imine (C=N–C) groups is 1. The minimum absolute atomic E-state index is 0.512. The van der Waals surface area contributed by atoms with Crippen molar-refractivity contribution >= 4 is 6.72 Å². The molecule has 0 saturated heterocycles. The van der Waals surface area contributed by atoms with E-state index in [0.29, 0.717) is 18.5 Å². The second kappa shape index (κ2) is 5.47. The van der Waals surface area contributed by atoms with Crippen molar-refractivity contribution in [2.75, 3.05) is 6.54 Å². The maximum absolute atomic E-state index is 12.7. The number of rotatable bonds is 5. The molecule has 1 nitrogen and oxygen atoms in total. The molecule has 1 aromatic rings. The highest BCUT2D eigenvalue weighted by molar-refractivity contribution is 5.23. The normalized spacial score (nSPS) is 10.1. The van der Waals surface area contributed by atoms with Crippen LogP contribution in [0.2, 0.25) is 0 Å². The Labute approximate surface area is 82.5 Å². The highest BCUT2D eigenvalue weighted by Crippen LogP contribution is 2.10. The quantitative estimate of drug-likeness (QED) is 0.508. The summed E-state index contributed by atoms with van der Waals surface area (Å²) < 4.78 is 25.5. The highest BCUT2D eigenvalue weighted by Gasteiger charge is 1.99.